The van der Waals surface area contributed by atoms with Crippen molar-refractivity contribution in [2.24, 2.45) is 0 Å². The molecule has 0 aliphatic rings. The maximum absolute atomic E-state index is 12.1. The lowest BCUT2D eigenvalue weighted by atomic mass is 10.2. The summed E-state index contributed by atoms with van der Waals surface area (Å²) in [4.78, 5) is 24.1. The van der Waals surface area contributed by atoms with E-state index in [1.54, 1.807) is 6.33 Å². The van der Waals surface area contributed by atoms with E-state index in [1.807, 2.05) is 42.7 Å². The van der Waals surface area contributed by atoms with Gasteiger partial charge in [-0.3, -0.25) is 4.79 Å². The summed E-state index contributed by atoms with van der Waals surface area (Å²) in [5.41, 5.74) is 3.84. The molecule has 1 amide bonds. The molecule has 3 rings (SSSR count). The van der Waals surface area contributed by atoms with Gasteiger partial charge in [0.25, 0.3) is 5.91 Å². The molecule has 0 bridgehead atoms. The summed E-state index contributed by atoms with van der Waals surface area (Å²) in [5.74, 6) is -0.375. The molecule has 0 radical (unpaired) electrons. The molecule has 6 nitrogen and oxygen atoms in total. The van der Waals surface area contributed by atoms with Gasteiger partial charge >= 0.3 is 0 Å². The van der Waals surface area contributed by atoms with E-state index < -0.39 is 0 Å². The van der Waals surface area contributed by atoms with E-state index in [0.717, 1.165) is 17.1 Å². The SMILES string of the molecule is Cc1ncn(-c2ccc(NC(=O)c3ncncc3Cl)cc2)c1C. The smallest absolute Gasteiger partial charge is 0.275 e. The highest BCUT2D eigenvalue weighted by Gasteiger charge is 2.12. The number of aromatic nitrogens is 4. The molecule has 116 valence electrons. The lowest BCUT2D eigenvalue weighted by Gasteiger charge is -2.08. The molecule has 1 N–H and O–H groups in total. The van der Waals surface area contributed by atoms with Crippen molar-refractivity contribution in [3.63, 3.8) is 0 Å². The molecular weight excluding hydrogens is 314 g/mol. The Hall–Kier alpha value is -2.73. The van der Waals surface area contributed by atoms with Gasteiger partial charge in [0.2, 0.25) is 0 Å². The van der Waals surface area contributed by atoms with Crippen molar-refractivity contribution in [2.75, 3.05) is 5.32 Å². The van der Waals surface area contributed by atoms with Crippen molar-refractivity contribution in [3.05, 3.63) is 65.2 Å². The topological polar surface area (TPSA) is 72.7 Å². The van der Waals surface area contributed by atoms with Crippen molar-refractivity contribution in [2.45, 2.75) is 13.8 Å². The minimum atomic E-state index is -0.375. The van der Waals surface area contributed by atoms with Crippen LogP contribution in [0.3, 0.4) is 0 Å². The number of halogens is 1. The number of amides is 1. The minimum Gasteiger partial charge on any atom is -0.321 e. The first-order valence-corrected chi connectivity index (χ1v) is 7.32. The zero-order valence-corrected chi connectivity index (χ0v) is 13.4. The van der Waals surface area contributed by atoms with Gasteiger partial charge in [0.15, 0.2) is 0 Å². The standard InChI is InChI=1S/C16H14ClN5O/c1-10-11(2)22(9-20-10)13-5-3-12(4-6-13)21-16(23)15-14(17)7-18-8-19-15/h3-9H,1-2H3,(H,21,23). The highest BCUT2D eigenvalue weighted by molar-refractivity contribution is 6.33. The van der Waals surface area contributed by atoms with Gasteiger partial charge in [-0.1, -0.05) is 11.6 Å². The number of nitrogens with one attached hydrogen (secondary N) is 1. The van der Waals surface area contributed by atoms with Crippen molar-refractivity contribution >= 4 is 23.2 Å². The molecule has 2 aromatic heterocycles. The third kappa shape index (κ3) is 3.07. The second-order valence-electron chi connectivity index (χ2n) is 5.01. The molecule has 1 aromatic carbocycles. The summed E-state index contributed by atoms with van der Waals surface area (Å²) in [7, 11) is 0. The molecule has 0 unspecified atom stereocenters. The second kappa shape index (κ2) is 6.18. The minimum absolute atomic E-state index is 0.145. The van der Waals surface area contributed by atoms with Crippen molar-refractivity contribution in [1.82, 2.24) is 19.5 Å². The summed E-state index contributed by atoms with van der Waals surface area (Å²) in [6.07, 6.45) is 4.45. The Morgan fingerprint density at radius 1 is 1.17 bits per heavy atom. The van der Waals surface area contributed by atoms with Gasteiger partial charge in [-0.2, -0.15) is 0 Å². The second-order valence-corrected chi connectivity index (χ2v) is 5.41. The number of imidazole rings is 1. The van der Waals surface area contributed by atoms with E-state index >= 15 is 0 Å². The van der Waals surface area contributed by atoms with Crippen molar-refractivity contribution in [3.8, 4) is 5.69 Å². The van der Waals surface area contributed by atoms with Crippen molar-refractivity contribution in [1.29, 1.82) is 0 Å². The molecule has 7 heteroatoms. The number of hydrogen-bond acceptors (Lipinski definition) is 4. The maximum Gasteiger partial charge on any atom is 0.275 e. The first-order chi connectivity index (χ1) is 11.1. The third-order valence-corrected chi connectivity index (χ3v) is 3.81. The van der Waals surface area contributed by atoms with E-state index in [-0.39, 0.29) is 16.6 Å². The fourth-order valence-electron chi connectivity index (χ4n) is 2.13. The number of rotatable bonds is 3. The first-order valence-electron chi connectivity index (χ1n) is 6.94. The van der Waals surface area contributed by atoms with Crippen LogP contribution in [0.25, 0.3) is 5.69 Å². The fourth-order valence-corrected chi connectivity index (χ4v) is 2.33. The third-order valence-electron chi connectivity index (χ3n) is 3.54. The van der Waals surface area contributed by atoms with Crippen LogP contribution in [0.4, 0.5) is 5.69 Å². The van der Waals surface area contributed by atoms with Crippen molar-refractivity contribution < 1.29 is 4.79 Å². The number of anilines is 1. The molecule has 0 spiro atoms. The average molecular weight is 328 g/mol. The van der Waals surface area contributed by atoms with E-state index in [4.69, 9.17) is 11.6 Å². The van der Waals surface area contributed by atoms with Gasteiger partial charge in [0.1, 0.15) is 12.0 Å². The summed E-state index contributed by atoms with van der Waals surface area (Å²) in [6, 6.07) is 7.45. The monoisotopic (exact) mass is 327 g/mol. The van der Waals surface area contributed by atoms with E-state index in [0.29, 0.717) is 5.69 Å². The largest absolute Gasteiger partial charge is 0.321 e. The molecule has 0 aliphatic carbocycles. The molecular formula is C16H14ClN5O. The van der Waals surface area contributed by atoms with Crippen LogP contribution in [0.1, 0.15) is 21.9 Å². The highest BCUT2D eigenvalue weighted by Crippen LogP contribution is 2.18. The molecule has 0 atom stereocenters. The van der Waals surface area contributed by atoms with E-state index in [1.165, 1.54) is 12.5 Å². The van der Waals surface area contributed by atoms with Crippen LogP contribution in [0.5, 0.6) is 0 Å². The van der Waals surface area contributed by atoms with Crippen LogP contribution >= 0.6 is 11.6 Å². The van der Waals surface area contributed by atoms with E-state index in [9.17, 15) is 4.79 Å². The van der Waals surface area contributed by atoms with Gasteiger partial charge < -0.3 is 9.88 Å². The Bertz CT molecular complexity index is 857. The zero-order valence-electron chi connectivity index (χ0n) is 12.6. The number of carbonyl (C=O) groups is 1. The Morgan fingerprint density at radius 2 is 1.91 bits per heavy atom. The molecule has 3 aromatic rings. The molecule has 0 aliphatic heterocycles. The number of hydrogen-bond donors (Lipinski definition) is 1. The summed E-state index contributed by atoms with van der Waals surface area (Å²) in [6.45, 7) is 3.97. The predicted octanol–water partition coefficient (Wildman–Crippen LogP) is 3.18. The normalized spacial score (nSPS) is 10.6. The average Bonchev–Trinajstić information content (AvgIpc) is 2.88. The molecule has 23 heavy (non-hydrogen) atoms. The van der Waals surface area contributed by atoms with Gasteiger partial charge in [0.05, 0.1) is 17.0 Å². The van der Waals surface area contributed by atoms with Gasteiger partial charge in [-0.05, 0) is 38.1 Å². The van der Waals surface area contributed by atoms with Gasteiger partial charge in [-0.25, -0.2) is 15.0 Å². The highest BCUT2D eigenvalue weighted by atomic mass is 35.5. The van der Waals surface area contributed by atoms with Crippen LogP contribution in [0.15, 0.2) is 43.1 Å². The molecule has 2 heterocycles. The molecule has 0 saturated heterocycles. The fraction of sp³-hybridized carbons (Fsp3) is 0.125. The number of aryl methyl sites for hydroxylation is 1. The number of nitrogens with zero attached hydrogens (tertiary/aromatic N) is 4. The Morgan fingerprint density at radius 3 is 2.52 bits per heavy atom. The van der Waals surface area contributed by atoms with E-state index in [2.05, 4.69) is 20.3 Å². The number of benzene rings is 1. The number of carbonyl (C=O) groups excluding carboxylic acids is 1. The van der Waals surface area contributed by atoms with Gasteiger partial charge in [0, 0.05) is 23.3 Å². The molecule has 0 saturated carbocycles. The summed E-state index contributed by atoms with van der Waals surface area (Å²) < 4.78 is 1.99. The first kappa shape index (κ1) is 15.2. The lowest BCUT2D eigenvalue weighted by molar-refractivity contribution is 0.102. The van der Waals surface area contributed by atoms with Crippen LogP contribution in [0.2, 0.25) is 5.02 Å². The Kier molecular flexibility index (Phi) is 4.08. The predicted molar refractivity (Wildman–Crippen MR) is 88.0 cm³/mol. The quantitative estimate of drug-likeness (QED) is 0.802. The van der Waals surface area contributed by atoms with Crippen LogP contribution in [-0.4, -0.2) is 25.4 Å². The Balaban J connectivity index is 1.79. The van der Waals surface area contributed by atoms with Crippen LogP contribution in [0, 0.1) is 13.8 Å². The zero-order chi connectivity index (χ0) is 16.4. The van der Waals surface area contributed by atoms with Crippen LogP contribution in [-0.2, 0) is 0 Å². The Labute approximate surface area is 138 Å². The summed E-state index contributed by atoms with van der Waals surface area (Å²) >= 11 is 5.91. The van der Waals surface area contributed by atoms with Gasteiger partial charge in [-0.15, -0.1) is 0 Å². The van der Waals surface area contributed by atoms with Crippen LogP contribution < -0.4 is 5.32 Å². The summed E-state index contributed by atoms with van der Waals surface area (Å²) in [5, 5.41) is 2.97. The maximum atomic E-state index is 12.1. The molecule has 0 fully saturated rings. The lowest BCUT2D eigenvalue weighted by Crippen LogP contribution is -2.14.